The van der Waals surface area contributed by atoms with E-state index in [1.165, 1.54) is 0 Å². The number of carbonyl (C=O) groups is 2. The Labute approximate surface area is 157 Å². The van der Waals surface area contributed by atoms with Crippen molar-refractivity contribution in [3.8, 4) is 0 Å². The van der Waals surface area contributed by atoms with Gasteiger partial charge < -0.3 is 4.90 Å². The zero-order chi connectivity index (χ0) is 18.6. The molecular formula is C20H22N2O3S. The summed E-state index contributed by atoms with van der Waals surface area (Å²) in [5.41, 5.74) is 4.04. The normalized spacial score (nSPS) is 18.5. The standard InChI is InChI=1S/C20H22N2O3S/c1-20(2)22(19(24)16-11-7-4-8-12-16)17(14-26-20)18(23)21-25-13-15-9-5-3-6-10-15/h3-12,17H,13-14H2,1-2H3,(H,21,23)/t17-/m0/s1. The van der Waals surface area contributed by atoms with Gasteiger partial charge in [-0.3, -0.25) is 14.4 Å². The highest BCUT2D eigenvalue weighted by atomic mass is 32.2. The number of rotatable bonds is 5. The van der Waals surface area contributed by atoms with Crippen molar-refractivity contribution in [2.24, 2.45) is 0 Å². The van der Waals surface area contributed by atoms with Crippen LogP contribution in [0.15, 0.2) is 60.7 Å². The van der Waals surface area contributed by atoms with Crippen LogP contribution in [0.2, 0.25) is 0 Å². The number of nitrogens with zero attached hydrogens (tertiary/aromatic N) is 1. The van der Waals surface area contributed by atoms with Crippen LogP contribution in [-0.2, 0) is 16.2 Å². The molecule has 1 N–H and O–H groups in total. The van der Waals surface area contributed by atoms with Crippen molar-refractivity contribution in [1.29, 1.82) is 0 Å². The molecule has 1 heterocycles. The van der Waals surface area contributed by atoms with Crippen molar-refractivity contribution in [2.75, 3.05) is 5.75 Å². The van der Waals surface area contributed by atoms with Crippen LogP contribution in [0.3, 0.4) is 0 Å². The molecule has 1 aliphatic rings. The van der Waals surface area contributed by atoms with Gasteiger partial charge in [0.2, 0.25) is 0 Å². The Bertz CT molecular complexity index is 765. The molecule has 136 valence electrons. The third kappa shape index (κ3) is 4.08. The number of thioether (sulfide) groups is 1. The summed E-state index contributed by atoms with van der Waals surface area (Å²) in [5.74, 6) is 0.0821. The van der Waals surface area contributed by atoms with Crippen molar-refractivity contribution in [3.05, 3.63) is 71.8 Å². The van der Waals surface area contributed by atoms with E-state index in [1.54, 1.807) is 28.8 Å². The highest BCUT2D eigenvalue weighted by Crippen LogP contribution is 2.39. The van der Waals surface area contributed by atoms with Crippen LogP contribution in [-0.4, -0.2) is 33.4 Å². The first-order valence-electron chi connectivity index (χ1n) is 8.47. The largest absolute Gasteiger partial charge is 0.312 e. The van der Waals surface area contributed by atoms with Crippen molar-refractivity contribution in [1.82, 2.24) is 10.4 Å². The summed E-state index contributed by atoms with van der Waals surface area (Å²) >= 11 is 1.59. The minimum Gasteiger partial charge on any atom is -0.312 e. The predicted octanol–water partition coefficient (Wildman–Crippen LogP) is 3.23. The van der Waals surface area contributed by atoms with Gasteiger partial charge >= 0.3 is 0 Å². The van der Waals surface area contributed by atoms with Crippen LogP contribution >= 0.6 is 11.8 Å². The average molecular weight is 370 g/mol. The molecule has 6 heteroatoms. The Morgan fingerprint density at radius 2 is 1.73 bits per heavy atom. The van der Waals surface area contributed by atoms with Gasteiger partial charge in [-0.15, -0.1) is 11.8 Å². The number of benzene rings is 2. The van der Waals surface area contributed by atoms with Gasteiger partial charge in [0.05, 0.1) is 11.5 Å². The molecule has 0 aromatic heterocycles. The van der Waals surface area contributed by atoms with E-state index in [0.29, 0.717) is 11.3 Å². The Balaban J connectivity index is 1.67. The number of amides is 2. The first kappa shape index (κ1) is 18.5. The topological polar surface area (TPSA) is 58.6 Å². The van der Waals surface area contributed by atoms with Crippen LogP contribution in [0.25, 0.3) is 0 Å². The number of carbonyl (C=O) groups excluding carboxylic acids is 2. The maximum absolute atomic E-state index is 13.0. The zero-order valence-electron chi connectivity index (χ0n) is 14.8. The summed E-state index contributed by atoms with van der Waals surface area (Å²) in [4.78, 5) is 32.1. The van der Waals surface area contributed by atoms with E-state index < -0.39 is 10.9 Å². The maximum atomic E-state index is 13.0. The Morgan fingerprint density at radius 1 is 1.12 bits per heavy atom. The third-order valence-corrected chi connectivity index (χ3v) is 5.67. The van der Waals surface area contributed by atoms with Gasteiger partial charge in [-0.05, 0) is 31.5 Å². The molecule has 0 spiro atoms. The van der Waals surface area contributed by atoms with Crippen LogP contribution in [0, 0.1) is 0 Å². The highest BCUT2D eigenvalue weighted by molar-refractivity contribution is 8.00. The molecule has 2 aromatic rings. The molecular weight excluding hydrogens is 348 g/mol. The van der Waals surface area contributed by atoms with Gasteiger partial charge in [0.25, 0.3) is 11.8 Å². The molecule has 3 rings (SSSR count). The lowest BCUT2D eigenvalue weighted by Gasteiger charge is -2.34. The molecule has 0 unspecified atom stereocenters. The summed E-state index contributed by atoms with van der Waals surface area (Å²) < 4.78 is 0. The molecule has 2 aromatic carbocycles. The molecule has 1 atom stereocenters. The third-order valence-electron chi connectivity index (χ3n) is 4.28. The van der Waals surface area contributed by atoms with Crippen molar-refractivity contribution >= 4 is 23.6 Å². The number of hydrogen-bond acceptors (Lipinski definition) is 4. The SMILES string of the molecule is CC1(C)SC[C@@H](C(=O)NOCc2ccccc2)N1C(=O)c1ccccc1. The number of hydrogen-bond donors (Lipinski definition) is 1. The van der Waals surface area contributed by atoms with Gasteiger partial charge in [-0.2, -0.15) is 0 Å². The van der Waals surface area contributed by atoms with E-state index >= 15 is 0 Å². The zero-order valence-corrected chi connectivity index (χ0v) is 15.7. The fourth-order valence-corrected chi connectivity index (χ4v) is 4.15. The lowest BCUT2D eigenvalue weighted by Crippen LogP contribution is -2.52. The van der Waals surface area contributed by atoms with Gasteiger partial charge in [0, 0.05) is 11.3 Å². The number of nitrogens with one attached hydrogen (secondary N) is 1. The predicted molar refractivity (Wildman–Crippen MR) is 102 cm³/mol. The van der Waals surface area contributed by atoms with E-state index in [0.717, 1.165) is 5.56 Å². The van der Waals surface area contributed by atoms with Crippen LogP contribution in [0.4, 0.5) is 0 Å². The second-order valence-corrected chi connectivity index (χ2v) is 8.18. The summed E-state index contributed by atoms with van der Waals surface area (Å²) in [5, 5.41) is 0. The Hall–Kier alpha value is -2.31. The molecule has 1 saturated heterocycles. The molecule has 0 saturated carbocycles. The molecule has 5 nitrogen and oxygen atoms in total. The summed E-state index contributed by atoms with van der Waals surface area (Å²) in [7, 11) is 0. The molecule has 0 radical (unpaired) electrons. The molecule has 0 bridgehead atoms. The van der Waals surface area contributed by atoms with Crippen molar-refractivity contribution in [2.45, 2.75) is 31.4 Å². The first-order valence-corrected chi connectivity index (χ1v) is 9.46. The lowest BCUT2D eigenvalue weighted by atomic mass is 10.1. The van der Waals surface area contributed by atoms with Gasteiger partial charge in [-0.25, -0.2) is 5.48 Å². The molecule has 1 aliphatic heterocycles. The lowest BCUT2D eigenvalue weighted by molar-refractivity contribution is -0.139. The van der Waals surface area contributed by atoms with Crippen LogP contribution < -0.4 is 5.48 Å². The Morgan fingerprint density at radius 3 is 2.38 bits per heavy atom. The number of hydroxylamine groups is 1. The average Bonchev–Trinajstić information content (AvgIpc) is 2.98. The first-order chi connectivity index (χ1) is 12.5. The fraction of sp³-hybridized carbons (Fsp3) is 0.300. The van der Waals surface area contributed by atoms with Crippen LogP contribution in [0.5, 0.6) is 0 Å². The summed E-state index contributed by atoms with van der Waals surface area (Å²) in [6, 6.07) is 18.1. The van der Waals surface area contributed by atoms with Crippen molar-refractivity contribution in [3.63, 3.8) is 0 Å². The maximum Gasteiger partial charge on any atom is 0.267 e. The smallest absolute Gasteiger partial charge is 0.267 e. The molecule has 1 fully saturated rings. The van der Waals surface area contributed by atoms with E-state index in [-0.39, 0.29) is 18.4 Å². The van der Waals surface area contributed by atoms with Gasteiger partial charge in [0.1, 0.15) is 6.04 Å². The quantitative estimate of drug-likeness (QED) is 0.821. The monoisotopic (exact) mass is 370 g/mol. The van der Waals surface area contributed by atoms with E-state index in [1.807, 2.05) is 62.4 Å². The van der Waals surface area contributed by atoms with E-state index in [4.69, 9.17) is 4.84 Å². The van der Waals surface area contributed by atoms with Gasteiger partial charge in [0.15, 0.2) is 0 Å². The molecule has 26 heavy (non-hydrogen) atoms. The van der Waals surface area contributed by atoms with E-state index in [9.17, 15) is 9.59 Å². The van der Waals surface area contributed by atoms with Crippen molar-refractivity contribution < 1.29 is 14.4 Å². The molecule has 0 aliphatic carbocycles. The van der Waals surface area contributed by atoms with Gasteiger partial charge in [-0.1, -0.05) is 48.5 Å². The summed E-state index contributed by atoms with van der Waals surface area (Å²) in [6.45, 7) is 4.19. The fourth-order valence-electron chi connectivity index (χ4n) is 2.93. The minimum absolute atomic E-state index is 0.149. The summed E-state index contributed by atoms with van der Waals surface area (Å²) in [6.07, 6.45) is 0. The van der Waals surface area contributed by atoms with Crippen LogP contribution in [0.1, 0.15) is 29.8 Å². The Kier molecular flexibility index (Phi) is 5.64. The van der Waals surface area contributed by atoms with E-state index in [2.05, 4.69) is 5.48 Å². The highest BCUT2D eigenvalue weighted by Gasteiger charge is 2.46. The second kappa shape index (κ2) is 7.93. The minimum atomic E-state index is -0.571. The molecule has 2 amide bonds. The second-order valence-electron chi connectivity index (χ2n) is 6.56.